The van der Waals surface area contributed by atoms with Gasteiger partial charge in [0.15, 0.2) is 0 Å². The predicted octanol–water partition coefficient (Wildman–Crippen LogP) is 3.14. The second-order valence-corrected chi connectivity index (χ2v) is 7.91. The van der Waals surface area contributed by atoms with Crippen molar-refractivity contribution in [3.8, 4) is 11.1 Å². The predicted molar refractivity (Wildman–Crippen MR) is 111 cm³/mol. The molecule has 2 aliphatic rings. The van der Waals surface area contributed by atoms with E-state index in [4.69, 9.17) is 0 Å². The molecule has 2 atom stereocenters. The maximum atomic E-state index is 13.2. The summed E-state index contributed by atoms with van der Waals surface area (Å²) in [6.45, 7) is 3.47. The minimum atomic E-state index is -0.734. The second kappa shape index (κ2) is 7.70. The summed E-state index contributed by atoms with van der Waals surface area (Å²) in [4.78, 5) is 38.1. The van der Waals surface area contributed by atoms with E-state index in [1.54, 1.807) is 6.92 Å². The molecule has 2 aromatic rings. The Kier molecular flexibility index (Phi) is 5.09. The number of para-hydroxylation sites is 1. The van der Waals surface area contributed by atoms with Crippen LogP contribution < -0.4 is 15.8 Å². The Morgan fingerprint density at radius 1 is 1.07 bits per heavy atom. The topological polar surface area (TPSA) is 78.5 Å². The Labute approximate surface area is 170 Å². The first-order valence-electron chi connectivity index (χ1n) is 10.1. The van der Waals surface area contributed by atoms with Gasteiger partial charge in [-0.25, -0.2) is 5.01 Å². The lowest BCUT2D eigenvalue weighted by atomic mass is 9.92. The van der Waals surface area contributed by atoms with Crippen LogP contribution in [0.25, 0.3) is 11.1 Å². The number of fused-ring (bicyclic) bond motifs is 3. The monoisotopic (exact) mass is 391 g/mol. The number of rotatable bonds is 5. The third-order valence-corrected chi connectivity index (χ3v) is 5.62. The van der Waals surface area contributed by atoms with Gasteiger partial charge >= 0.3 is 0 Å². The number of nitrogens with zero attached hydrogens (tertiary/aromatic N) is 1. The van der Waals surface area contributed by atoms with Gasteiger partial charge in [0.05, 0.1) is 11.6 Å². The van der Waals surface area contributed by atoms with E-state index in [1.165, 1.54) is 5.01 Å². The third kappa shape index (κ3) is 3.88. The number of carbonyl (C=O) groups is 3. The van der Waals surface area contributed by atoms with Crippen LogP contribution in [-0.4, -0.2) is 23.8 Å². The SMILES string of the molecule is CC1C(=O)N(NC(=O)[C@H](C)NC(=O)CC2CC2)c2ccccc2-c2ccccc21. The van der Waals surface area contributed by atoms with Crippen LogP contribution in [0.15, 0.2) is 48.5 Å². The Balaban J connectivity index is 1.59. The lowest BCUT2D eigenvalue weighted by Crippen LogP contribution is -2.54. The molecular weight excluding hydrogens is 366 g/mol. The molecular formula is C23H25N3O3. The number of hydrogen-bond donors (Lipinski definition) is 2. The van der Waals surface area contributed by atoms with Crippen molar-refractivity contribution < 1.29 is 14.4 Å². The van der Waals surface area contributed by atoms with Crippen LogP contribution in [0.2, 0.25) is 0 Å². The molecule has 1 heterocycles. The molecule has 0 bridgehead atoms. The van der Waals surface area contributed by atoms with E-state index in [0.29, 0.717) is 18.0 Å². The van der Waals surface area contributed by atoms with Crippen molar-refractivity contribution in [2.24, 2.45) is 5.92 Å². The van der Waals surface area contributed by atoms with E-state index in [1.807, 2.05) is 55.5 Å². The van der Waals surface area contributed by atoms with Gasteiger partial charge in [-0.15, -0.1) is 0 Å². The van der Waals surface area contributed by atoms with Gasteiger partial charge < -0.3 is 5.32 Å². The average Bonchev–Trinajstić information content (AvgIpc) is 3.54. The van der Waals surface area contributed by atoms with Gasteiger partial charge in [-0.3, -0.25) is 19.8 Å². The highest BCUT2D eigenvalue weighted by Gasteiger charge is 2.33. The fraction of sp³-hybridized carbons (Fsp3) is 0.348. The zero-order valence-electron chi connectivity index (χ0n) is 16.6. The normalized spacial score (nSPS) is 18.9. The highest BCUT2D eigenvalue weighted by atomic mass is 16.2. The van der Waals surface area contributed by atoms with Crippen molar-refractivity contribution in [3.63, 3.8) is 0 Å². The standard InChI is InChI=1S/C23H25N3O3/c1-14-17-7-3-4-8-18(17)19-9-5-6-10-20(19)26(23(14)29)25-22(28)15(2)24-21(27)13-16-11-12-16/h3-10,14-16H,11-13H2,1-2H3,(H,24,27)(H,25,28)/t14?,15-/m0/s1. The van der Waals surface area contributed by atoms with E-state index in [0.717, 1.165) is 29.5 Å². The highest BCUT2D eigenvalue weighted by Crippen LogP contribution is 2.40. The molecule has 1 aliphatic carbocycles. The summed E-state index contributed by atoms with van der Waals surface area (Å²) in [7, 11) is 0. The van der Waals surface area contributed by atoms with Crippen LogP contribution >= 0.6 is 0 Å². The van der Waals surface area contributed by atoms with Gasteiger partial charge in [-0.2, -0.15) is 0 Å². The molecule has 1 unspecified atom stereocenters. The van der Waals surface area contributed by atoms with Crippen molar-refractivity contribution >= 4 is 23.4 Å². The lowest BCUT2D eigenvalue weighted by molar-refractivity contribution is -0.130. The summed E-state index contributed by atoms with van der Waals surface area (Å²) in [6, 6.07) is 14.6. The van der Waals surface area contributed by atoms with E-state index in [9.17, 15) is 14.4 Å². The van der Waals surface area contributed by atoms with Crippen LogP contribution in [-0.2, 0) is 14.4 Å². The van der Waals surface area contributed by atoms with Crippen LogP contribution in [0, 0.1) is 5.92 Å². The summed E-state index contributed by atoms with van der Waals surface area (Å²) in [6.07, 6.45) is 2.60. The molecule has 6 nitrogen and oxygen atoms in total. The van der Waals surface area contributed by atoms with E-state index in [-0.39, 0.29) is 11.8 Å². The zero-order valence-corrected chi connectivity index (χ0v) is 16.6. The summed E-state index contributed by atoms with van der Waals surface area (Å²) < 4.78 is 0. The van der Waals surface area contributed by atoms with E-state index < -0.39 is 17.9 Å². The molecule has 1 aliphatic heterocycles. The van der Waals surface area contributed by atoms with Gasteiger partial charge in [-0.05, 0) is 49.8 Å². The Hall–Kier alpha value is -3.15. The molecule has 3 amide bonds. The van der Waals surface area contributed by atoms with Gasteiger partial charge in [-0.1, -0.05) is 42.5 Å². The fourth-order valence-electron chi connectivity index (χ4n) is 3.73. The molecule has 29 heavy (non-hydrogen) atoms. The first kappa shape index (κ1) is 19.2. The molecule has 2 N–H and O–H groups in total. The van der Waals surface area contributed by atoms with Gasteiger partial charge in [0, 0.05) is 12.0 Å². The average molecular weight is 391 g/mol. The quantitative estimate of drug-likeness (QED) is 0.822. The first-order valence-corrected chi connectivity index (χ1v) is 10.1. The molecule has 1 saturated carbocycles. The summed E-state index contributed by atoms with van der Waals surface area (Å²) in [5.74, 6) is -0.733. The summed E-state index contributed by atoms with van der Waals surface area (Å²) >= 11 is 0. The van der Waals surface area contributed by atoms with Crippen molar-refractivity contribution in [3.05, 3.63) is 54.1 Å². The molecule has 0 saturated heterocycles. The molecule has 2 aromatic carbocycles. The van der Waals surface area contributed by atoms with Gasteiger partial charge in [0.25, 0.3) is 11.8 Å². The molecule has 6 heteroatoms. The van der Waals surface area contributed by atoms with Crippen molar-refractivity contribution in [1.82, 2.24) is 10.7 Å². The number of amides is 3. The molecule has 4 rings (SSSR count). The Morgan fingerprint density at radius 2 is 1.72 bits per heavy atom. The second-order valence-electron chi connectivity index (χ2n) is 7.91. The highest BCUT2D eigenvalue weighted by molar-refractivity contribution is 6.06. The van der Waals surface area contributed by atoms with Crippen LogP contribution in [0.5, 0.6) is 0 Å². The van der Waals surface area contributed by atoms with Crippen molar-refractivity contribution in [2.45, 2.75) is 45.1 Å². The minimum Gasteiger partial charge on any atom is -0.345 e. The van der Waals surface area contributed by atoms with Gasteiger partial charge in [0.2, 0.25) is 5.91 Å². The lowest BCUT2D eigenvalue weighted by Gasteiger charge is -2.27. The smallest absolute Gasteiger partial charge is 0.261 e. The third-order valence-electron chi connectivity index (χ3n) is 5.62. The maximum Gasteiger partial charge on any atom is 0.261 e. The van der Waals surface area contributed by atoms with Crippen LogP contribution in [0.1, 0.15) is 44.6 Å². The largest absolute Gasteiger partial charge is 0.345 e. The number of hydrogen-bond acceptors (Lipinski definition) is 3. The number of hydrazine groups is 1. The van der Waals surface area contributed by atoms with Crippen molar-refractivity contribution in [1.29, 1.82) is 0 Å². The molecule has 0 spiro atoms. The number of carbonyl (C=O) groups excluding carboxylic acids is 3. The fourth-order valence-corrected chi connectivity index (χ4v) is 3.73. The number of benzene rings is 2. The van der Waals surface area contributed by atoms with E-state index >= 15 is 0 Å². The zero-order chi connectivity index (χ0) is 20.5. The number of anilines is 1. The minimum absolute atomic E-state index is 0.126. The Morgan fingerprint density at radius 3 is 2.45 bits per heavy atom. The van der Waals surface area contributed by atoms with Crippen LogP contribution in [0.4, 0.5) is 5.69 Å². The summed E-state index contributed by atoms with van der Waals surface area (Å²) in [5, 5.41) is 4.06. The van der Waals surface area contributed by atoms with E-state index in [2.05, 4.69) is 10.7 Å². The van der Waals surface area contributed by atoms with Crippen LogP contribution in [0.3, 0.4) is 0 Å². The molecule has 150 valence electrons. The molecule has 0 radical (unpaired) electrons. The Bertz CT molecular complexity index is 967. The first-order chi connectivity index (χ1) is 14.0. The molecule has 0 aromatic heterocycles. The molecule has 1 fully saturated rings. The van der Waals surface area contributed by atoms with Crippen molar-refractivity contribution in [2.75, 3.05) is 5.01 Å². The number of nitrogens with one attached hydrogen (secondary N) is 2. The van der Waals surface area contributed by atoms with Gasteiger partial charge in [0.1, 0.15) is 6.04 Å². The summed E-state index contributed by atoms with van der Waals surface area (Å²) in [5.41, 5.74) is 6.14. The maximum absolute atomic E-state index is 13.2.